The number of nitrogens with one attached hydrogen (secondary N) is 1. The van der Waals surface area contributed by atoms with E-state index in [0.29, 0.717) is 0 Å². The molecular weight excluding hydrogens is 262 g/mol. The van der Waals surface area contributed by atoms with Gasteiger partial charge in [-0.2, -0.15) is 0 Å². The average molecular weight is 285 g/mol. The molecule has 0 spiro atoms. The molecule has 0 amide bonds. The average Bonchev–Trinajstić information content (AvgIpc) is 2.87. The third-order valence-electron chi connectivity index (χ3n) is 5.19. The van der Waals surface area contributed by atoms with E-state index in [1.165, 1.54) is 27.7 Å². The summed E-state index contributed by atoms with van der Waals surface area (Å²) in [5, 5.41) is 10.6. The van der Waals surface area contributed by atoms with E-state index in [2.05, 4.69) is 37.0 Å². The number of hydrogen-bond acceptors (Lipinski definition) is 1. The summed E-state index contributed by atoms with van der Waals surface area (Å²) in [4.78, 5) is 15.0. The molecule has 3 heteroatoms. The number of hydrogen-bond donors (Lipinski definition) is 2. The van der Waals surface area contributed by atoms with Gasteiger partial charge in [0.15, 0.2) is 0 Å². The van der Waals surface area contributed by atoms with Crippen molar-refractivity contribution in [1.29, 1.82) is 0 Å². The molecule has 2 aromatic rings. The van der Waals surface area contributed by atoms with Crippen LogP contribution >= 0.6 is 0 Å². The van der Waals surface area contributed by atoms with Gasteiger partial charge in [-0.3, -0.25) is 4.79 Å². The van der Waals surface area contributed by atoms with Gasteiger partial charge in [-0.05, 0) is 43.2 Å². The van der Waals surface area contributed by atoms with Crippen molar-refractivity contribution in [3.05, 3.63) is 35.0 Å². The lowest BCUT2D eigenvalue weighted by atomic mass is 9.69. The second kappa shape index (κ2) is 5.21. The maximum absolute atomic E-state index is 11.4. The molecule has 1 heterocycles. The van der Waals surface area contributed by atoms with Crippen molar-refractivity contribution in [2.75, 3.05) is 0 Å². The molecule has 0 saturated carbocycles. The molecule has 0 saturated heterocycles. The van der Waals surface area contributed by atoms with E-state index in [1.54, 1.807) is 0 Å². The summed E-state index contributed by atoms with van der Waals surface area (Å²) in [6.45, 7) is 4.28. The highest BCUT2D eigenvalue weighted by Gasteiger charge is 2.39. The quantitative estimate of drug-likeness (QED) is 0.885. The number of carbonyl (C=O) groups is 1. The van der Waals surface area contributed by atoms with Gasteiger partial charge in [-0.25, -0.2) is 0 Å². The molecule has 112 valence electrons. The van der Waals surface area contributed by atoms with E-state index in [-0.39, 0.29) is 11.8 Å². The van der Waals surface area contributed by atoms with Crippen LogP contribution in [0.4, 0.5) is 0 Å². The summed E-state index contributed by atoms with van der Waals surface area (Å²) < 4.78 is 0. The Morgan fingerprint density at radius 2 is 2.19 bits per heavy atom. The first-order valence-electron chi connectivity index (χ1n) is 7.96. The van der Waals surface area contributed by atoms with E-state index >= 15 is 0 Å². The van der Waals surface area contributed by atoms with E-state index in [4.69, 9.17) is 0 Å². The Morgan fingerprint density at radius 1 is 1.38 bits per heavy atom. The Balaban J connectivity index is 2.24. The largest absolute Gasteiger partial charge is 0.481 e. The molecular formula is C18H23NO2. The fourth-order valence-electron chi connectivity index (χ4n) is 4.01. The number of carboxylic acids is 1. The second-order valence-corrected chi connectivity index (χ2v) is 6.23. The number of aryl methyl sites for hydroxylation is 2. The minimum Gasteiger partial charge on any atom is -0.481 e. The van der Waals surface area contributed by atoms with Crippen LogP contribution in [0.2, 0.25) is 0 Å². The lowest BCUT2D eigenvalue weighted by molar-refractivity contribution is -0.138. The van der Waals surface area contributed by atoms with Crippen molar-refractivity contribution < 1.29 is 9.90 Å². The zero-order chi connectivity index (χ0) is 15.0. The van der Waals surface area contributed by atoms with Gasteiger partial charge in [-0.15, -0.1) is 0 Å². The van der Waals surface area contributed by atoms with Crippen molar-refractivity contribution in [3.8, 4) is 0 Å². The summed E-state index contributed by atoms with van der Waals surface area (Å²) >= 11 is 0. The monoisotopic (exact) mass is 285 g/mol. The van der Waals surface area contributed by atoms with Gasteiger partial charge in [0.2, 0.25) is 0 Å². The lowest BCUT2D eigenvalue weighted by Gasteiger charge is -2.35. The number of para-hydroxylation sites is 1. The first-order valence-corrected chi connectivity index (χ1v) is 7.96. The lowest BCUT2D eigenvalue weighted by Crippen LogP contribution is -2.33. The van der Waals surface area contributed by atoms with Gasteiger partial charge in [0.05, 0.1) is 6.42 Å². The molecule has 0 bridgehead atoms. The molecule has 21 heavy (non-hydrogen) atoms. The highest BCUT2D eigenvalue weighted by atomic mass is 16.4. The van der Waals surface area contributed by atoms with Gasteiger partial charge in [0, 0.05) is 22.0 Å². The molecule has 1 aliphatic rings. The molecule has 3 rings (SSSR count). The Morgan fingerprint density at radius 3 is 2.86 bits per heavy atom. The van der Waals surface area contributed by atoms with E-state index in [1.807, 2.05) is 0 Å². The van der Waals surface area contributed by atoms with E-state index in [0.717, 1.165) is 32.1 Å². The number of benzene rings is 1. The molecule has 0 fully saturated rings. The van der Waals surface area contributed by atoms with Gasteiger partial charge in [-0.1, -0.05) is 32.0 Å². The summed E-state index contributed by atoms with van der Waals surface area (Å²) in [6, 6.07) is 6.46. The van der Waals surface area contributed by atoms with Crippen LogP contribution < -0.4 is 0 Å². The molecule has 0 aliphatic heterocycles. The molecule has 1 aromatic carbocycles. The first kappa shape index (κ1) is 14.2. The van der Waals surface area contributed by atoms with E-state index in [9.17, 15) is 9.90 Å². The van der Waals surface area contributed by atoms with Crippen LogP contribution in [0.1, 0.15) is 56.4 Å². The van der Waals surface area contributed by atoms with Gasteiger partial charge >= 0.3 is 5.97 Å². The van der Waals surface area contributed by atoms with Gasteiger partial charge < -0.3 is 10.1 Å². The molecule has 1 aliphatic carbocycles. The fourth-order valence-corrected chi connectivity index (χ4v) is 4.01. The molecule has 2 N–H and O–H groups in total. The third-order valence-corrected chi connectivity index (χ3v) is 5.19. The molecule has 0 unspecified atom stereocenters. The number of aromatic amines is 1. The van der Waals surface area contributed by atoms with Crippen LogP contribution in [0, 0.1) is 0 Å². The molecule has 0 radical (unpaired) electrons. The zero-order valence-corrected chi connectivity index (χ0v) is 12.8. The van der Waals surface area contributed by atoms with E-state index < -0.39 is 5.97 Å². The van der Waals surface area contributed by atoms with Crippen molar-refractivity contribution in [1.82, 2.24) is 4.98 Å². The number of aliphatic carboxylic acids is 1. The second-order valence-electron chi connectivity index (χ2n) is 6.23. The summed E-state index contributed by atoms with van der Waals surface area (Å²) in [5.74, 6) is -0.695. The molecule has 1 aromatic heterocycles. The predicted octanol–water partition coefficient (Wildman–Crippen LogP) is 4.19. The van der Waals surface area contributed by atoms with Crippen LogP contribution in [0.15, 0.2) is 18.2 Å². The summed E-state index contributed by atoms with van der Waals surface area (Å²) in [5.41, 5.74) is 4.87. The van der Waals surface area contributed by atoms with Crippen molar-refractivity contribution >= 4 is 16.9 Å². The minimum atomic E-state index is -0.695. The normalized spacial score (nSPS) is 21.4. The summed E-state index contributed by atoms with van der Waals surface area (Å²) in [6.07, 6.45) is 5.21. The topological polar surface area (TPSA) is 53.1 Å². The Bertz CT molecular complexity index is 686. The maximum Gasteiger partial charge on any atom is 0.304 e. The minimum absolute atomic E-state index is 0.219. The molecule has 1 atom stereocenters. The number of H-pyrrole nitrogens is 1. The highest BCUT2D eigenvalue weighted by Crippen LogP contribution is 2.45. The SMILES string of the molecule is CCc1cccc2c3c([nH]c12)[C@](CC)(CC(=O)O)CCC3. The molecule has 3 nitrogen and oxygen atoms in total. The fraction of sp³-hybridized carbons (Fsp3) is 0.500. The van der Waals surface area contributed by atoms with Crippen LogP contribution in [0.25, 0.3) is 10.9 Å². The van der Waals surface area contributed by atoms with Crippen LogP contribution in [-0.4, -0.2) is 16.1 Å². The van der Waals surface area contributed by atoms with Crippen LogP contribution in [-0.2, 0) is 23.1 Å². The predicted molar refractivity (Wildman–Crippen MR) is 84.8 cm³/mol. The zero-order valence-electron chi connectivity index (χ0n) is 12.8. The van der Waals surface area contributed by atoms with Crippen LogP contribution in [0.3, 0.4) is 0 Å². The van der Waals surface area contributed by atoms with Crippen molar-refractivity contribution in [2.45, 2.75) is 57.8 Å². The number of aromatic nitrogens is 1. The van der Waals surface area contributed by atoms with Crippen LogP contribution in [0.5, 0.6) is 0 Å². The van der Waals surface area contributed by atoms with Crippen molar-refractivity contribution in [2.24, 2.45) is 0 Å². The third kappa shape index (κ3) is 2.15. The first-order chi connectivity index (χ1) is 10.1. The Kier molecular flexibility index (Phi) is 3.52. The maximum atomic E-state index is 11.4. The van der Waals surface area contributed by atoms with Gasteiger partial charge in [0.1, 0.15) is 0 Å². The number of fused-ring (bicyclic) bond motifs is 3. The highest BCUT2D eigenvalue weighted by molar-refractivity contribution is 5.88. The number of carboxylic acid groups (broad SMARTS) is 1. The standard InChI is InChI=1S/C18H23NO2/c1-3-12-7-5-8-13-14-9-6-10-18(4-2,11-15(20)21)17(14)19-16(12)13/h5,7-8,19H,3-4,6,9-11H2,1-2H3,(H,20,21)/t18-/m0/s1. The number of rotatable bonds is 4. The smallest absolute Gasteiger partial charge is 0.304 e. The summed E-state index contributed by atoms with van der Waals surface area (Å²) in [7, 11) is 0. The van der Waals surface area contributed by atoms with Crippen molar-refractivity contribution in [3.63, 3.8) is 0 Å². The Hall–Kier alpha value is -1.77. The van der Waals surface area contributed by atoms with Gasteiger partial charge in [0.25, 0.3) is 0 Å². The Labute approximate surface area is 125 Å².